The molecule has 2 aromatic carbocycles. The minimum Gasteiger partial charge on any atom is -0.492 e. The number of aryl methyl sites for hydroxylation is 1. The fourth-order valence-electron chi connectivity index (χ4n) is 2.90. The van der Waals surface area contributed by atoms with Gasteiger partial charge in [0.2, 0.25) is 0 Å². The number of benzene rings is 2. The molecule has 1 aliphatic rings. The van der Waals surface area contributed by atoms with Gasteiger partial charge in [-0.1, -0.05) is 19.1 Å². The largest absolute Gasteiger partial charge is 0.492 e. The Morgan fingerprint density at radius 3 is 2.42 bits per heavy atom. The first-order valence-corrected chi connectivity index (χ1v) is 9.19. The van der Waals surface area contributed by atoms with E-state index < -0.39 is 0 Å². The fraction of sp³-hybridized carbons (Fsp3) is 0.381. The molecule has 5 heteroatoms. The van der Waals surface area contributed by atoms with Crippen molar-refractivity contribution in [2.45, 2.75) is 13.3 Å². The molecule has 1 aliphatic heterocycles. The Morgan fingerprint density at radius 2 is 1.77 bits per heavy atom. The molecule has 0 unspecified atom stereocenters. The summed E-state index contributed by atoms with van der Waals surface area (Å²) in [5, 5.41) is 2.89. The number of ether oxygens (including phenoxy) is 2. The van der Waals surface area contributed by atoms with Gasteiger partial charge in [-0.2, -0.15) is 0 Å². The molecule has 26 heavy (non-hydrogen) atoms. The number of nitrogens with zero attached hydrogens (tertiary/aromatic N) is 1. The number of hydrogen-bond donors (Lipinski definition) is 1. The van der Waals surface area contributed by atoms with Crippen molar-refractivity contribution >= 4 is 11.6 Å². The molecule has 0 radical (unpaired) electrons. The van der Waals surface area contributed by atoms with Crippen LogP contribution < -0.4 is 15.0 Å². The Bertz CT molecular complexity index is 692. The summed E-state index contributed by atoms with van der Waals surface area (Å²) < 4.78 is 11.0. The molecule has 1 saturated heterocycles. The third kappa shape index (κ3) is 4.99. The van der Waals surface area contributed by atoms with Gasteiger partial charge in [-0.3, -0.25) is 4.79 Å². The van der Waals surface area contributed by atoms with Crippen LogP contribution in [0.4, 0.5) is 5.69 Å². The van der Waals surface area contributed by atoms with Crippen LogP contribution in [-0.2, 0) is 11.2 Å². The number of nitrogens with one attached hydrogen (secondary N) is 1. The molecule has 5 nitrogen and oxygen atoms in total. The van der Waals surface area contributed by atoms with Crippen molar-refractivity contribution < 1.29 is 14.3 Å². The van der Waals surface area contributed by atoms with E-state index in [1.807, 2.05) is 36.4 Å². The van der Waals surface area contributed by atoms with Crippen LogP contribution in [0.25, 0.3) is 0 Å². The van der Waals surface area contributed by atoms with Crippen molar-refractivity contribution in [3.8, 4) is 5.75 Å². The number of anilines is 1. The van der Waals surface area contributed by atoms with Crippen LogP contribution in [0.2, 0.25) is 0 Å². The van der Waals surface area contributed by atoms with E-state index >= 15 is 0 Å². The normalized spacial score (nSPS) is 14.1. The number of morpholine rings is 1. The highest BCUT2D eigenvalue weighted by molar-refractivity contribution is 5.94. The minimum absolute atomic E-state index is 0.0801. The number of amides is 1. The van der Waals surface area contributed by atoms with Crippen molar-refractivity contribution in [1.82, 2.24) is 5.32 Å². The molecule has 0 saturated carbocycles. The van der Waals surface area contributed by atoms with Crippen molar-refractivity contribution in [1.29, 1.82) is 0 Å². The van der Waals surface area contributed by atoms with Gasteiger partial charge in [0.15, 0.2) is 0 Å². The van der Waals surface area contributed by atoms with Gasteiger partial charge >= 0.3 is 0 Å². The summed E-state index contributed by atoms with van der Waals surface area (Å²) >= 11 is 0. The first-order valence-electron chi connectivity index (χ1n) is 9.19. The second kappa shape index (κ2) is 9.25. The summed E-state index contributed by atoms with van der Waals surface area (Å²) in [5.74, 6) is 0.745. The number of rotatable bonds is 7. The molecule has 0 atom stereocenters. The highest BCUT2D eigenvalue weighted by Gasteiger charge is 2.12. The van der Waals surface area contributed by atoms with Crippen LogP contribution in [-0.4, -0.2) is 45.4 Å². The van der Waals surface area contributed by atoms with Gasteiger partial charge in [0, 0.05) is 24.3 Å². The lowest BCUT2D eigenvalue weighted by molar-refractivity contribution is 0.0947. The second-order valence-electron chi connectivity index (χ2n) is 6.25. The topological polar surface area (TPSA) is 50.8 Å². The van der Waals surface area contributed by atoms with Crippen LogP contribution in [0.15, 0.2) is 48.5 Å². The molecule has 0 aromatic heterocycles. The third-order valence-electron chi connectivity index (χ3n) is 4.49. The van der Waals surface area contributed by atoms with E-state index in [9.17, 15) is 4.79 Å². The van der Waals surface area contributed by atoms with Gasteiger partial charge < -0.3 is 19.7 Å². The molecule has 3 rings (SSSR count). The number of hydrogen-bond acceptors (Lipinski definition) is 4. The summed E-state index contributed by atoms with van der Waals surface area (Å²) in [7, 11) is 0. The Hall–Kier alpha value is -2.53. The van der Waals surface area contributed by atoms with E-state index in [1.165, 1.54) is 5.56 Å². The van der Waals surface area contributed by atoms with Crippen molar-refractivity contribution in [2.75, 3.05) is 44.4 Å². The number of carbonyl (C=O) groups excluding carboxylic acids is 1. The average Bonchev–Trinajstić information content (AvgIpc) is 2.72. The van der Waals surface area contributed by atoms with Crippen LogP contribution in [0.1, 0.15) is 22.8 Å². The van der Waals surface area contributed by atoms with E-state index in [2.05, 4.69) is 29.3 Å². The zero-order valence-electron chi connectivity index (χ0n) is 15.2. The van der Waals surface area contributed by atoms with Gasteiger partial charge in [0.05, 0.1) is 19.8 Å². The van der Waals surface area contributed by atoms with E-state index in [0.29, 0.717) is 18.7 Å². The quantitative estimate of drug-likeness (QED) is 0.777. The summed E-state index contributed by atoms with van der Waals surface area (Å²) in [6.07, 6.45) is 1.01. The van der Waals surface area contributed by atoms with E-state index in [-0.39, 0.29) is 5.91 Å². The monoisotopic (exact) mass is 354 g/mol. The Kier molecular flexibility index (Phi) is 6.50. The molecule has 0 aliphatic carbocycles. The predicted molar refractivity (Wildman–Crippen MR) is 103 cm³/mol. The first kappa shape index (κ1) is 18.3. The molecule has 138 valence electrons. The van der Waals surface area contributed by atoms with E-state index in [0.717, 1.165) is 44.2 Å². The first-order chi connectivity index (χ1) is 12.8. The SMILES string of the molecule is CCc1ccc(OCCNC(=O)c2ccc(N3CCOCC3)cc2)cc1. The van der Waals surface area contributed by atoms with Gasteiger partial charge in [0.1, 0.15) is 12.4 Å². The Labute approximate surface area is 154 Å². The fourth-order valence-corrected chi connectivity index (χ4v) is 2.90. The lowest BCUT2D eigenvalue weighted by atomic mass is 10.1. The summed E-state index contributed by atoms with van der Waals surface area (Å²) in [6.45, 7) is 6.33. The zero-order valence-corrected chi connectivity index (χ0v) is 15.2. The standard InChI is InChI=1S/C21H26N2O3/c1-2-17-3-9-20(10-4-17)26-14-11-22-21(24)18-5-7-19(8-6-18)23-12-15-25-16-13-23/h3-10H,2,11-16H2,1H3,(H,22,24). The zero-order chi connectivity index (χ0) is 18.2. The minimum atomic E-state index is -0.0801. The van der Waals surface area contributed by atoms with Crippen molar-refractivity contribution in [3.05, 3.63) is 59.7 Å². The smallest absolute Gasteiger partial charge is 0.251 e. The summed E-state index contributed by atoms with van der Waals surface area (Å²) in [5.41, 5.74) is 3.07. The number of carbonyl (C=O) groups is 1. The van der Waals surface area contributed by atoms with Gasteiger partial charge in [-0.15, -0.1) is 0 Å². The molecule has 2 aromatic rings. The highest BCUT2D eigenvalue weighted by atomic mass is 16.5. The van der Waals surface area contributed by atoms with Crippen molar-refractivity contribution in [2.24, 2.45) is 0 Å². The molecule has 1 N–H and O–H groups in total. The highest BCUT2D eigenvalue weighted by Crippen LogP contribution is 2.16. The van der Waals surface area contributed by atoms with Crippen LogP contribution in [0.5, 0.6) is 5.75 Å². The van der Waals surface area contributed by atoms with Gasteiger partial charge in [0.25, 0.3) is 5.91 Å². The summed E-state index contributed by atoms with van der Waals surface area (Å²) in [4.78, 5) is 14.5. The maximum atomic E-state index is 12.2. The van der Waals surface area contributed by atoms with Gasteiger partial charge in [-0.25, -0.2) is 0 Å². The Balaban J connectivity index is 1.42. The van der Waals surface area contributed by atoms with E-state index in [4.69, 9.17) is 9.47 Å². The third-order valence-corrected chi connectivity index (χ3v) is 4.49. The molecular weight excluding hydrogens is 328 g/mol. The lowest BCUT2D eigenvalue weighted by Gasteiger charge is -2.28. The molecule has 1 heterocycles. The second-order valence-corrected chi connectivity index (χ2v) is 6.25. The average molecular weight is 354 g/mol. The van der Waals surface area contributed by atoms with Crippen LogP contribution in [0.3, 0.4) is 0 Å². The molecule has 1 amide bonds. The predicted octanol–water partition coefficient (Wildman–Crippen LogP) is 2.89. The van der Waals surface area contributed by atoms with E-state index in [1.54, 1.807) is 0 Å². The summed E-state index contributed by atoms with van der Waals surface area (Å²) in [6, 6.07) is 15.8. The lowest BCUT2D eigenvalue weighted by Crippen LogP contribution is -2.36. The van der Waals surface area contributed by atoms with Crippen LogP contribution in [0, 0.1) is 0 Å². The molecular formula is C21H26N2O3. The molecule has 0 bridgehead atoms. The van der Waals surface area contributed by atoms with Crippen molar-refractivity contribution in [3.63, 3.8) is 0 Å². The van der Waals surface area contributed by atoms with Crippen LogP contribution >= 0.6 is 0 Å². The maximum absolute atomic E-state index is 12.2. The maximum Gasteiger partial charge on any atom is 0.251 e. The van der Waals surface area contributed by atoms with Gasteiger partial charge in [-0.05, 0) is 48.4 Å². The molecule has 0 spiro atoms. The Morgan fingerprint density at radius 1 is 1.08 bits per heavy atom. The molecule has 1 fully saturated rings.